The summed E-state index contributed by atoms with van der Waals surface area (Å²) in [6.45, 7) is 13.7. The Balaban J connectivity index is 4.53. The fraction of sp³-hybridized carbons (Fsp3) is 1.00. The van der Waals surface area contributed by atoms with Gasteiger partial charge in [0.1, 0.15) is 0 Å². The highest BCUT2D eigenvalue weighted by molar-refractivity contribution is 6.74. The second kappa shape index (κ2) is 3.28. The van der Waals surface area contributed by atoms with Crippen LogP contribution in [-0.4, -0.2) is 15.4 Å². The molecule has 0 radical (unpaired) electrons. The first-order valence-electron chi connectivity index (χ1n) is 4.31. The summed E-state index contributed by atoms with van der Waals surface area (Å²) in [5.74, 6) is 0.698. The van der Waals surface area contributed by atoms with Gasteiger partial charge in [-0.3, -0.25) is 0 Å². The van der Waals surface area contributed by atoms with Crippen LogP contribution in [0.5, 0.6) is 0 Å². The number of hydrogen-bond acceptors (Lipinski definition) is 1. The predicted molar refractivity (Wildman–Crippen MR) is 53.4 cm³/mol. The van der Waals surface area contributed by atoms with E-state index >= 15 is 0 Å². The lowest BCUT2D eigenvalue weighted by atomic mass is 9.99. The summed E-state index contributed by atoms with van der Waals surface area (Å²) >= 11 is 0. The molecule has 0 saturated carbocycles. The molecular formula is C9H22OSi. The smallest absolute Gasteiger partial charge is 0.191 e. The number of rotatable bonds is 3. The van der Waals surface area contributed by atoms with Crippen LogP contribution in [0.15, 0.2) is 0 Å². The van der Waals surface area contributed by atoms with E-state index in [1.165, 1.54) is 0 Å². The Hall–Kier alpha value is 0.177. The van der Waals surface area contributed by atoms with Gasteiger partial charge < -0.3 is 4.43 Å². The van der Waals surface area contributed by atoms with Crippen LogP contribution in [0.2, 0.25) is 18.1 Å². The minimum atomic E-state index is -1.47. The average molecular weight is 174 g/mol. The standard InChI is InChI=1S/C9H22OSi/c1-8(2)9(3,4)11(6,7)10-5/h8H,1-7H3. The summed E-state index contributed by atoms with van der Waals surface area (Å²) in [7, 11) is 0.376. The summed E-state index contributed by atoms with van der Waals surface area (Å²) < 4.78 is 5.60. The highest BCUT2D eigenvalue weighted by Crippen LogP contribution is 2.43. The molecule has 2 heteroatoms. The van der Waals surface area contributed by atoms with Gasteiger partial charge in [-0.2, -0.15) is 0 Å². The molecule has 0 N–H and O–H groups in total. The summed E-state index contributed by atoms with van der Waals surface area (Å²) in [4.78, 5) is 0. The van der Waals surface area contributed by atoms with Crippen molar-refractivity contribution in [2.45, 2.75) is 45.8 Å². The minimum absolute atomic E-state index is 0.363. The molecule has 11 heavy (non-hydrogen) atoms. The summed E-state index contributed by atoms with van der Waals surface area (Å²) in [5, 5.41) is 0.363. The van der Waals surface area contributed by atoms with Crippen LogP contribution in [0.3, 0.4) is 0 Å². The SMILES string of the molecule is CO[Si](C)(C)C(C)(C)C(C)C. The van der Waals surface area contributed by atoms with E-state index in [1.807, 2.05) is 7.11 Å². The molecule has 0 rings (SSSR count). The van der Waals surface area contributed by atoms with Gasteiger partial charge in [0.05, 0.1) is 0 Å². The molecular weight excluding hydrogens is 152 g/mol. The maximum absolute atomic E-state index is 5.60. The third-order valence-electron chi connectivity index (χ3n) is 3.51. The van der Waals surface area contributed by atoms with Crippen LogP contribution < -0.4 is 0 Å². The van der Waals surface area contributed by atoms with E-state index in [2.05, 4.69) is 40.8 Å². The lowest BCUT2D eigenvalue weighted by Crippen LogP contribution is -2.44. The van der Waals surface area contributed by atoms with E-state index in [0.29, 0.717) is 11.0 Å². The summed E-state index contributed by atoms with van der Waals surface area (Å²) in [5.41, 5.74) is 0. The molecule has 0 aromatic rings. The lowest BCUT2D eigenvalue weighted by molar-refractivity contribution is 0.330. The predicted octanol–water partition coefficient (Wildman–Crippen LogP) is 3.27. The van der Waals surface area contributed by atoms with Crippen molar-refractivity contribution < 1.29 is 4.43 Å². The van der Waals surface area contributed by atoms with Gasteiger partial charge in [0.25, 0.3) is 0 Å². The third-order valence-corrected chi connectivity index (χ3v) is 8.21. The van der Waals surface area contributed by atoms with E-state index in [1.54, 1.807) is 0 Å². The van der Waals surface area contributed by atoms with Crippen LogP contribution in [0.25, 0.3) is 0 Å². The lowest BCUT2D eigenvalue weighted by Gasteiger charge is -2.41. The van der Waals surface area contributed by atoms with Crippen LogP contribution in [-0.2, 0) is 4.43 Å². The Labute approximate surface area is 72.3 Å². The van der Waals surface area contributed by atoms with E-state index in [4.69, 9.17) is 4.43 Å². The molecule has 0 aliphatic heterocycles. The van der Waals surface area contributed by atoms with Gasteiger partial charge in [-0.25, -0.2) is 0 Å². The van der Waals surface area contributed by atoms with Gasteiger partial charge in [-0.15, -0.1) is 0 Å². The molecule has 0 fully saturated rings. The first kappa shape index (κ1) is 11.2. The molecule has 0 bridgehead atoms. The van der Waals surface area contributed by atoms with Gasteiger partial charge >= 0.3 is 0 Å². The second-order valence-corrected chi connectivity index (χ2v) is 9.31. The van der Waals surface area contributed by atoms with Gasteiger partial charge in [-0.1, -0.05) is 27.7 Å². The zero-order chi connectivity index (χ0) is 9.28. The van der Waals surface area contributed by atoms with E-state index in [0.717, 1.165) is 0 Å². The molecule has 0 atom stereocenters. The largest absolute Gasteiger partial charge is 0.420 e. The maximum Gasteiger partial charge on any atom is 0.191 e. The monoisotopic (exact) mass is 174 g/mol. The van der Waals surface area contributed by atoms with Crippen molar-refractivity contribution in [2.24, 2.45) is 5.92 Å². The zero-order valence-corrected chi connectivity index (χ0v) is 9.99. The third kappa shape index (κ3) is 2.06. The molecule has 0 saturated heterocycles. The number of hydrogen-bond donors (Lipinski definition) is 0. The van der Waals surface area contributed by atoms with E-state index in [9.17, 15) is 0 Å². The van der Waals surface area contributed by atoms with Crippen molar-refractivity contribution in [2.75, 3.05) is 7.11 Å². The van der Waals surface area contributed by atoms with Gasteiger partial charge in [0.2, 0.25) is 0 Å². The Bertz CT molecular complexity index is 128. The van der Waals surface area contributed by atoms with Crippen molar-refractivity contribution in [1.82, 2.24) is 0 Å². The second-order valence-electron chi connectivity index (χ2n) is 4.59. The van der Waals surface area contributed by atoms with Crippen molar-refractivity contribution in [3.8, 4) is 0 Å². The molecule has 0 unspecified atom stereocenters. The maximum atomic E-state index is 5.60. The van der Waals surface area contributed by atoms with Crippen LogP contribution >= 0.6 is 0 Å². The first-order chi connectivity index (χ1) is 4.75. The molecule has 0 heterocycles. The molecule has 0 aliphatic carbocycles. The molecule has 0 amide bonds. The molecule has 0 spiro atoms. The zero-order valence-electron chi connectivity index (χ0n) is 8.99. The van der Waals surface area contributed by atoms with Crippen molar-refractivity contribution in [3.63, 3.8) is 0 Å². The Morgan fingerprint density at radius 2 is 1.55 bits per heavy atom. The summed E-state index contributed by atoms with van der Waals surface area (Å²) in [6.07, 6.45) is 0. The Morgan fingerprint density at radius 1 is 1.18 bits per heavy atom. The minimum Gasteiger partial charge on any atom is -0.420 e. The fourth-order valence-electron chi connectivity index (χ4n) is 0.958. The Morgan fingerprint density at radius 3 is 1.64 bits per heavy atom. The van der Waals surface area contributed by atoms with Gasteiger partial charge in [0.15, 0.2) is 8.32 Å². The molecule has 1 nitrogen and oxygen atoms in total. The summed E-state index contributed by atoms with van der Waals surface area (Å²) in [6, 6.07) is 0. The van der Waals surface area contributed by atoms with Crippen molar-refractivity contribution in [3.05, 3.63) is 0 Å². The van der Waals surface area contributed by atoms with Crippen LogP contribution in [0.4, 0.5) is 0 Å². The quantitative estimate of drug-likeness (QED) is 0.597. The average Bonchev–Trinajstić information content (AvgIpc) is 1.87. The normalized spacial score (nSPS) is 14.2. The Kier molecular flexibility index (Phi) is 3.33. The van der Waals surface area contributed by atoms with Crippen molar-refractivity contribution >= 4 is 8.32 Å². The molecule has 68 valence electrons. The highest BCUT2D eigenvalue weighted by atomic mass is 28.4. The highest BCUT2D eigenvalue weighted by Gasteiger charge is 2.42. The topological polar surface area (TPSA) is 9.23 Å². The van der Waals surface area contributed by atoms with Crippen LogP contribution in [0.1, 0.15) is 27.7 Å². The van der Waals surface area contributed by atoms with Crippen molar-refractivity contribution in [1.29, 1.82) is 0 Å². The molecule has 0 aliphatic rings. The van der Waals surface area contributed by atoms with E-state index < -0.39 is 8.32 Å². The van der Waals surface area contributed by atoms with Crippen LogP contribution in [0, 0.1) is 5.92 Å². The van der Waals surface area contributed by atoms with Gasteiger partial charge in [0, 0.05) is 7.11 Å². The first-order valence-corrected chi connectivity index (χ1v) is 7.21. The molecule has 0 aromatic heterocycles. The van der Waals surface area contributed by atoms with E-state index in [-0.39, 0.29) is 0 Å². The fourth-order valence-corrected chi connectivity index (χ4v) is 2.87. The molecule has 0 aromatic carbocycles. The van der Waals surface area contributed by atoms with Gasteiger partial charge in [-0.05, 0) is 24.1 Å².